The molecule has 0 aromatic heterocycles. The molecule has 0 radical (unpaired) electrons. The fraction of sp³-hybridized carbons (Fsp3) is 0.818. The van der Waals surface area contributed by atoms with E-state index in [2.05, 4.69) is 0 Å². The van der Waals surface area contributed by atoms with Crippen molar-refractivity contribution >= 4 is 11.9 Å². The standard InChI is InChI=1S/C11H16O5/c12-3-4-16-11(15)9-7-2-1-6(5-7)8(9)10(13)14/h6-9,12H,1-5H2,(H,13,14). The van der Waals surface area contributed by atoms with Crippen molar-refractivity contribution in [2.45, 2.75) is 19.3 Å². The van der Waals surface area contributed by atoms with E-state index in [1.54, 1.807) is 0 Å². The number of carbonyl (C=O) groups is 2. The molecule has 0 amide bonds. The van der Waals surface area contributed by atoms with Gasteiger partial charge in [0.05, 0.1) is 18.4 Å². The molecule has 5 nitrogen and oxygen atoms in total. The van der Waals surface area contributed by atoms with Crippen LogP contribution < -0.4 is 0 Å². The molecule has 2 rings (SSSR count). The Morgan fingerprint density at radius 2 is 1.81 bits per heavy atom. The van der Waals surface area contributed by atoms with Crippen LogP contribution in [0.25, 0.3) is 0 Å². The molecule has 16 heavy (non-hydrogen) atoms. The summed E-state index contributed by atoms with van der Waals surface area (Å²) in [5, 5.41) is 17.7. The van der Waals surface area contributed by atoms with Gasteiger partial charge in [0.2, 0.25) is 0 Å². The Bertz CT molecular complexity index is 301. The first-order valence-corrected chi connectivity index (χ1v) is 5.65. The number of hydrogen-bond donors (Lipinski definition) is 2. The first-order valence-electron chi connectivity index (χ1n) is 5.65. The minimum absolute atomic E-state index is 0.0426. The number of carboxylic acids is 1. The summed E-state index contributed by atoms with van der Waals surface area (Å²) in [4.78, 5) is 22.8. The lowest BCUT2D eigenvalue weighted by Gasteiger charge is -2.26. The number of hydrogen-bond acceptors (Lipinski definition) is 4. The Hall–Kier alpha value is -1.10. The first-order chi connectivity index (χ1) is 7.65. The van der Waals surface area contributed by atoms with Gasteiger partial charge < -0.3 is 14.9 Å². The van der Waals surface area contributed by atoms with Gasteiger partial charge in [-0.05, 0) is 31.1 Å². The van der Waals surface area contributed by atoms with Gasteiger partial charge in [-0.25, -0.2) is 0 Å². The normalized spacial score (nSPS) is 36.3. The molecule has 2 fully saturated rings. The number of aliphatic hydroxyl groups excluding tert-OH is 1. The lowest BCUT2D eigenvalue weighted by atomic mass is 9.79. The van der Waals surface area contributed by atoms with Crippen LogP contribution in [-0.2, 0) is 14.3 Å². The van der Waals surface area contributed by atoms with Crippen molar-refractivity contribution < 1.29 is 24.5 Å². The SMILES string of the molecule is O=C(O)C1C2CCC(C2)C1C(=O)OCCO. The van der Waals surface area contributed by atoms with Gasteiger partial charge in [0.1, 0.15) is 6.61 Å². The van der Waals surface area contributed by atoms with Crippen molar-refractivity contribution in [2.75, 3.05) is 13.2 Å². The second kappa shape index (κ2) is 4.41. The van der Waals surface area contributed by atoms with Crippen LogP contribution in [-0.4, -0.2) is 35.4 Å². The first kappa shape index (κ1) is 11.4. The van der Waals surface area contributed by atoms with Gasteiger partial charge in [0, 0.05) is 0 Å². The predicted molar refractivity (Wildman–Crippen MR) is 53.5 cm³/mol. The molecular weight excluding hydrogens is 212 g/mol. The Morgan fingerprint density at radius 3 is 2.38 bits per heavy atom. The smallest absolute Gasteiger partial charge is 0.310 e. The summed E-state index contributed by atoms with van der Waals surface area (Å²) in [6.07, 6.45) is 2.66. The zero-order valence-corrected chi connectivity index (χ0v) is 8.96. The Balaban J connectivity index is 2.06. The van der Waals surface area contributed by atoms with Crippen LogP contribution in [0.5, 0.6) is 0 Å². The van der Waals surface area contributed by atoms with E-state index in [1.165, 1.54) is 0 Å². The van der Waals surface area contributed by atoms with Gasteiger partial charge in [0.15, 0.2) is 0 Å². The van der Waals surface area contributed by atoms with E-state index < -0.39 is 23.8 Å². The Morgan fingerprint density at radius 1 is 1.19 bits per heavy atom. The summed E-state index contributed by atoms with van der Waals surface area (Å²) in [6.45, 7) is -0.261. The number of carboxylic acid groups (broad SMARTS) is 1. The molecule has 0 heterocycles. The summed E-state index contributed by atoms with van der Waals surface area (Å²) in [6, 6.07) is 0. The average Bonchev–Trinajstić information content (AvgIpc) is 2.84. The molecule has 5 heteroatoms. The lowest BCUT2D eigenvalue weighted by molar-refractivity contribution is -0.160. The molecule has 2 N–H and O–H groups in total. The maximum absolute atomic E-state index is 11.7. The highest BCUT2D eigenvalue weighted by Crippen LogP contribution is 2.52. The van der Waals surface area contributed by atoms with Crippen molar-refractivity contribution in [3.8, 4) is 0 Å². The van der Waals surface area contributed by atoms with Gasteiger partial charge in [-0.1, -0.05) is 0 Å². The third-order valence-corrected chi connectivity index (χ3v) is 3.81. The highest BCUT2D eigenvalue weighted by Gasteiger charge is 2.54. The van der Waals surface area contributed by atoms with Gasteiger partial charge in [0.25, 0.3) is 0 Å². The predicted octanol–water partition coefficient (Wildman–Crippen LogP) is 0.269. The fourth-order valence-electron chi connectivity index (χ4n) is 3.23. The van der Waals surface area contributed by atoms with E-state index in [4.69, 9.17) is 14.9 Å². The summed E-state index contributed by atoms with van der Waals surface area (Å²) in [5.74, 6) is -2.12. The van der Waals surface area contributed by atoms with Gasteiger partial charge in [-0.15, -0.1) is 0 Å². The van der Waals surface area contributed by atoms with Crippen LogP contribution in [0.3, 0.4) is 0 Å². The summed E-state index contributed by atoms with van der Waals surface area (Å²) in [7, 11) is 0. The molecule has 2 aliphatic rings. The second-order valence-electron chi connectivity index (χ2n) is 4.61. The van der Waals surface area contributed by atoms with Crippen molar-refractivity contribution in [1.29, 1.82) is 0 Å². The molecule has 0 aliphatic heterocycles. The monoisotopic (exact) mass is 228 g/mol. The molecular formula is C11H16O5. The maximum atomic E-state index is 11.7. The van der Waals surface area contributed by atoms with Gasteiger partial charge in [-0.3, -0.25) is 9.59 Å². The maximum Gasteiger partial charge on any atom is 0.310 e. The zero-order chi connectivity index (χ0) is 11.7. The molecule has 0 saturated heterocycles. The number of aliphatic carboxylic acids is 1. The molecule has 4 unspecified atom stereocenters. The summed E-state index contributed by atoms with van der Waals surface area (Å²) < 4.78 is 4.86. The third kappa shape index (κ3) is 1.80. The number of esters is 1. The van der Waals surface area contributed by atoms with E-state index in [0.29, 0.717) is 0 Å². The largest absolute Gasteiger partial charge is 0.481 e. The Kier molecular flexibility index (Phi) is 3.14. The van der Waals surface area contributed by atoms with Crippen molar-refractivity contribution in [1.82, 2.24) is 0 Å². The van der Waals surface area contributed by atoms with Crippen LogP contribution in [0.15, 0.2) is 0 Å². The highest BCUT2D eigenvalue weighted by molar-refractivity contribution is 5.82. The molecule has 0 aromatic rings. The third-order valence-electron chi connectivity index (χ3n) is 3.81. The number of fused-ring (bicyclic) bond motifs is 2. The highest BCUT2D eigenvalue weighted by atomic mass is 16.5. The summed E-state index contributed by atoms with van der Waals surface area (Å²) in [5.41, 5.74) is 0. The van der Waals surface area contributed by atoms with E-state index in [0.717, 1.165) is 19.3 Å². The van der Waals surface area contributed by atoms with Crippen LogP contribution in [0.2, 0.25) is 0 Å². The van der Waals surface area contributed by atoms with E-state index in [1.807, 2.05) is 0 Å². The zero-order valence-electron chi connectivity index (χ0n) is 8.96. The number of carbonyl (C=O) groups excluding carboxylic acids is 1. The van der Waals surface area contributed by atoms with Crippen molar-refractivity contribution in [2.24, 2.45) is 23.7 Å². The average molecular weight is 228 g/mol. The molecule has 0 spiro atoms. The molecule has 2 aliphatic carbocycles. The Labute approximate surface area is 93.4 Å². The van der Waals surface area contributed by atoms with Gasteiger partial charge >= 0.3 is 11.9 Å². The lowest BCUT2D eigenvalue weighted by Crippen LogP contribution is -2.36. The molecule has 2 saturated carbocycles. The van der Waals surface area contributed by atoms with Crippen LogP contribution in [0.1, 0.15) is 19.3 Å². The minimum atomic E-state index is -0.891. The minimum Gasteiger partial charge on any atom is -0.481 e. The van der Waals surface area contributed by atoms with E-state index in [9.17, 15) is 9.59 Å². The van der Waals surface area contributed by atoms with Crippen LogP contribution >= 0.6 is 0 Å². The molecule has 90 valence electrons. The van der Waals surface area contributed by atoms with Crippen molar-refractivity contribution in [3.63, 3.8) is 0 Å². The van der Waals surface area contributed by atoms with Gasteiger partial charge in [-0.2, -0.15) is 0 Å². The number of rotatable bonds is 4. The van der Waals surface area contributed by atoms with E-state index >= 15 is 0 Å². The topological polar surface area (TPSA) is 83.8 Å². The fourth-order valence-corrected chi connectivity index (χ4v) is 3.23. The van der Waals surface area contributed by atoms with Crippen LogP contribution in [0, 0.1) is 23.7 Å². The second-order valence-corrected chi connectivity index (χ2v) is 4.61. The quantitative estimate of drug-likeness (QED) is 0.675. The summed E-state index contributed by atoms with van der Waals surface area (Å²) >= 11 is 0. The van der Waals surface area contributed by atoms with E-state index in [-0.39, 0.29) is 25.0 Å². The van der Waals surface area contributed by atoms with Crippen LogP contribution in [0.4, 0.5) is 0 Å². The molecule has 4 atom stereocenters. The molecule has 0 aromatic carbocycles. The number of ether oxygens (including phenoxy) is 1. The van der Waals surface area contributed by atoms with Crippen molar-refractivity contribution in [3.05, 3.63) is 0 Å². The molecule has 2 bridgehead atoms. The number of aliphatic hydroxyl groups is 1.